The minimum absolute atomic E-state index is 0.0890. The number of hydrogen-bond acceptors (Lipinski definition) is 5. The molecule has 0 aliphatic rings. The van der Waals surface area contributed by atoms with Gasteiger partial charge in [-0.05, 0) is 44.2 Å². The van der Waals surface area contributed by atoms with Crippen LogP contribution in [0.25, 0.3) is 0 Å². The number of anilines is 1. The highest BCUT2D eigenvalue weighted by Gasteiger charge is 2.22. The minimum atomic E-state index is -4.09. The van der Waals surface area contributed by atoms with E-state index < -0.39 is 21.8 Å². The van der Waals surface area contributed by atoms with E-state index in [-0.39, 0.29) is 40.0 Å². The highest BCUT2D eigenvalue weighted by molar-refractivity contribution is 7.92. The van der Waals surface area contributed by atoms with Gasteiger partial charge in [0.25, 0.3) is 21.8 Å². The number of rotatable bonds is 9. The van der Waals surface area contributed by atoms with Crippen molar-refractivity contribution in [3.63, 3.8) is 0 Å². The van der Waals surface area contributed by atoms with Gasteiger partial charge in [-0.15, -0.1) is 6.58 Å². The Bertz CT molecular complexity index is 1050. The van der Waals surface area contributed by atoms with Crippen molar-refractivity contribution in [2.45, 2.75) is 24.8 Å². The van der Waals surface area contributed by atoms with Crippen molar-refractivity contribution < 1.29 is 22.7 Å². The number of carbonyl (C=O) groups excluding carboxylic acids is 2. The van der Waals surface area contributed by atoms with Crippen LogP contribution < -0.4 is 20.1 Å². The maximum Gasteiger partial charge on any atom is 0.261 e. The van der Waals surface area contributed by atoms with Crippen molar-refractivity contribution in [3.05, 3.63) is 66.2 Å². The van der Waals surface area contributed by atoms with E-state index in [2.05, 4.69) is 21.9 Å². The molecular formula is C21H25N3O5S. The van der Waals surface area contributed by atoms with Gasteiger partial charge >= 0.3 is 0 Å². The van der Waals surface area contributed by atoms with Gasteiger partial charge in [0.2, 0.25) is 0 Å². The summed E-state index contributed by atoms with van der Waals surface area (Å²) in [4.78, 5) is 24.6. The van der Waals surface area contributed by atoms with Gasteiger partial charge in [-0.2, -0.15) is 0 Å². The summed E-state index contributed by atoms with van der Waals surface area (Å²) in [5.74, 6) is -0.653. The van der Waals surface area contributed by atoms with Crippen molar-refractivity contribution in [3.8, 4) is 5.75 Å². The van der Waals surface area contributed by atoms with E-state index in [1.54, 1.807) is 26.0 Å². The van der Waals surface area contributed by atoms with E-state index in [4.69, 9.17) is 4.74 Å². The molecule has 2 rings (SSSR count). The molecular weight excluding hydrogens is 406 g/mol. The zero-order valence-corrected chi connectivity index (χ0v) is 17.9. The van der Waals surface area contributed by atoms with Crippen LogP contribution in [0.3, 0.4) is 0 Å². The lowest BCUT2D eigenvalue weighted by atomic mass is 10.1. The third-order valence-corrected chi connectivity index (χ3v) is 5.33. The molecule has 0 aromatic heterocycles. The fourth-order valence-corrected chi connectivity index (χ4v) is 3.71. The summed E-state index contributed by atoms with van der Waals surface area (Å²) in [7, 11) is -2.69. The Hall–Kier alpha value is -3.33. The Morgan fingerprint density at radius 3 is 2.43 bits per heavy atom. The van der Waals surface area contributed by atoms with Gasteiger partial charge in [-0.1, -0.05) is 18.2 Å². The first kappa shape index (κ1) is 23.0. The van der Waals surface area contributed by atoms with Crippen molar-refractivity contribution >= 4 is 27.5 Å². The average Bonchev–Trinajstić information content (AvgIpc) is 2.71. The predicted octanol–water partition coefficient (Wildman–Crippen LogP) is 2.55. The van der Waals surface area contributed by atoms with Crippen LogP contribution in [0.15, 0.2) is 60.0 Å². The lowest BCUT2D eigenvalue weighted by molar-refractivity contribution is 0.0936. The smallest absolute Gasteiger partial charge is 0.261 e. The number of ether oxygens (including phenoxy) is 1. The average molecular weight is 432 g/mol. The second-order valence-corrected chi connectivity index (χ2v) is 8.32. The van der Waals surface area contributed by atoms with Crippen LogP contribution in [0, 0.1) is 0 Å². The van der Waals surface area contributed by atoms with Gasteiger partial charge in [-0.25, -0.2) is 8.42 Å². The quantitative estimate of drug-likeness (QED) is 0.528. The third kappa shape index (κ3) is 5.60. The summed E-state index contributed by atoms with van der Waals surface area (Å²) in [5, 5.41) is 5.32. The minimum Gasteiger partial charge on any atom is -0.496 e. The summed E-state index contributed by atoms with van der Waals surface area (Å²) in [6.45, 7) is 7.36. The van der Waals surface area contributed by atoms with Gasteiger partial charge in [0.05, 0.1) is 28.8 Å². The molecule has 0 heterocycles. The molecule has 2 aromatic rings. The Morgan fingerprint density at radius 2 is 1.80 bits per heavy atom. The zero-order chi connectivity index (χ0) is 22.3. The second kappa shape index (κ2) is 9.93. The van der Waals surface area contributed by atoms with Gasteiger partial charge in [0.1, 0.15) is 5.75 Å². The van der Waals surface area contributed by atoms with Crippen LogP contribution in [0.4, 0.5) is 5.69 Å². The first-order chi connectivity index (χ1) is 14.2. The fraction of sp³-hybridized carbons (Fsp3) is 0.238. The molecule has 30 heavy (non-hydrogen) atoms. The van der Waals surface area contributed by atoms with Crippen LogP contribution in [0.2, 0.25) is 0 Å². The molecule has 0 saturated heterocycles. The largest absolute Gasteiger partial charge is 0.496 e. The zero-order valence-electron chi connectivity index (χ0n) is 17.1. The summed E-state index contributed by atoms with van der Waals surface area (Å²) in [6.07, 6.45) is 1.52. The monoisotopic (exact) mass is 431 g/mol. The Morgan fingerprint density at radius 1 is 1.10 bits per heavy atom. The third-order valence-electron chi connectivity index (χ3n) is 3.97. The standard InChI is InChI=1S/C21H25N3O5S/c1-5-12-22-20(25)16-8-6-7-9-18(16)24-30(27,28)15-10-11-19(29-4)17(13-15)21(26)23-14(2)3/h5-11,13-14,24H,1,12H2,2-4H3,(H,22,25)(H,23,26). The number of amides is 2. The summed E-state index contributed by atoms with van der Waals surface area (Å²) < 4.78 is 33.5. The molecule has 3 N–H and O–H groups in total. The molecule has 0 unspecified atom stereocenters. The molecule has 0 saturated carbocycles. The van der Waals surface area contributed by atoms with Gasteiger partial charge in [-0.3, -0.25) is 14.3 Å². The topological polar surface area (TPSA) is 114 Å². The Kier molecular flexibility index (Phi) is 7.60. The molecule has 0 atom stereocenters. The van der Waals surface area contributed by atoms with Crippen LogP contribution in [-0.2, 0) is 10.0 Å². The number of para-hydroxylation sites is 1. The number of benzene rings is 2. The number of methoxy groups -OCH3 is 1. The normalized spacial score (nSPS) is 10.9. The van der Waals surface area contributed by atoms with Crippen molar-refractivity contribution in [2.24, 2.45) is 0 Å². The van der Waals surface area contributed by atoms with Crippen molar-refractivity contribution in [2.75, 3.05) is 18.4 Å². The van der Waals surface area contributed by atoms with Crippen LogP contribution >= 0.6 is 0 Å². The van der Waals surface area contributed by atoms with E-state index in [0.29, 0.717) is 0 Å². The number of sulfonamides is 1. The molecule has 8 nitrogen and oxygen atoms in total. The predicted molar refractivity (Wildman–Crippen MR) is 115 cm³/mol. The Balaban J connectivity index is 2.40. The van der Waals surface area contributed by atoms with E-state index in [9.17, 15) is 18.0 Å². The van der Waals surface area contributed by atoms with Gasteiger partial charge < -0.3 is 15.4 Å². The lowest BCUT2D eigenvalue weighted by Gasteiger charge is -2.15. The molecule has 9 heteroatoms. The molecule has 0 aliphatic carbocycles. The Labute approximate surface area is 176 Å². The first-order valence-corrected chi connectivity index (χ1v) is 10.7. The lowest BCUT2D eigenvalue weighted by Crippen LogP contribution is -2.30. The molecule has 0 aliphatic heterocycles. The van der Waals surface area contributed by atoms with Crippen molar-refractivity contribution in [1.82, 2.24) is 10.6 Å². The summed E-state index contributed by atoms with van der Waals surface area (Å²) in [5.41, 5.74) is 0.364. The molecule has 0 bridgehead atoms. The molecule has 160 valence electrons. The highest BCUT2D eigenvalue weighted by Crippen LogP contribution is 2.25. The summed E-state index contributed by atoms with van der Waals surface area (Å²) >= 11 is 0. The van der Waals surface area contributed by atoms with Crippen LogP contribution in [0.1, 0.15) is 34.6 Å². The van der Waals surface area contributed by atoms with E-state index in [1.807, 2.05) is 0 Å². The number of hydrogen-bond donors (Lipinski definition) is 3. The fourth-order valence-electron chi connectivity index (χ4n) is 2.61. The number of carbonyl (C=O) groups is 2. The molecule has 0 radical (unpaired) electrons. The van der Waals surface area contributed by atoms with Crippen LogP contribution in [-0.4, -0.2) is 39.9 Å². The molecule has 2 aromatic carbocycles. The highest BCUT2D eigenvalue weighted by atomic mass is 32.2. The molecule has 2 amide bonds. The summed E-state index contributed by atoms with van der Waals surface area (Å²) in [6, 6.07) is 10.1. The first-order valence-electron chi connectivity index (χ1n) is 9.19. The maximum atomic E-state index is 13.0. The van der Waals surface area contributed by atoms with E-state index in [0.717, 1.165) is 0 Å². The van der Waals surface area contributed by atoms with Gasteiger partial charge in [0.15, 0.2) is 0 Å². The number of nitrogens with one attached hydrogen (secondary N) is 3. The van der Waals surface area contributed by atoms with E-state index in [1.165, 1.54) is 43.5 Å². The van der Waals surface area contributed by atoms with Gasteiger partial charge in [0, 0.05) is 12.6 Å². The van der Waals surface area contributed by atoms with Crippen molar-refractivity contribution in [1.29, 1.82) is 0 Å². The second-order valence-electron chi connectivity index (χ2n) is 6.64. The maximum absolute atomic E-state index is 13.0. The SMILES string of the molecule is C=CCNC(=O)c1ccccc1NS(=O)(=O)c1ccc(OC)c(C(=O)NC(C)C)c1. The van der Waals surface area contributed by atoms with E-state index >= 15 is 0 Å². The molecule has 0 fully saturated rings. The van der Waals surface area contributed by atoms with Crippen LogP contribution in [0.5, 0.6) is 5.75 Å². The molecule has 0 spiro atoms.